The van der Waals surface area contributed by atoms with Crippen LogP contribution in [0.15, 0.2) is 48.5 Å². The van der Waals surface area contributed by atoms with E-state index < -0.39 is 42.1 Å². The van der Waals surface area contributed by atoms with Gasteiger partial charge in [-0.15, -0.1) is 0 Å². The zero-order chi connectivity index (χ0) is 29.2. The summed E-state index contributed by atoms with van der Waals surface area (Å²) in [6, 6.07) is 11.3. The van der Waals surface area contributed by atoms with Gasteiger partial charge < -0.3 is 30.5 Å². The van der Waals surface area contributed by atoms with Gasteiger partial charge in [-0.2, -0.15) is 5.26 Å². The minimum absolute atomic E-state index is 0.000894. The molecule has 3 atom stereocenters. The first-order valence-corrected chi connectivity index (χ1v) is 12.9. The highest BCUT2D eigenvalue weighted by atomic mass is 16.6. The number of rotatable bonds is 11. The van der Waals surface area contributed by atoms with E-state index in [9.17, 15) is 29.9 Å². The number of benzene rings is 2. The number of phenolic OH excluding ortho intramolecular Hbond substituents is 2. The van der Waals surface area contributed by atoms with Crippen LogP contribution in [0.25, 0.3) is 0 Å². The summed E-state index contributed by atoms with van der Waals surface area (Å²) in [5, 5.41) is 34.9. The quantitative estimate of drug-likeness (QED) is 0.316. The summed E-state index contributed by atoms with van der Waals surface area (Å²) < 4.78 is 5.36. The molecule has 2 rings (SSSR count). The van der Waals surface area contributed by atoms with Gasteiger partial charge >= 0.3 is 6.09 Å². The number of alkyl carbamates (subject to hydrolysis) is 1. The lowest BCUT2D eigenvalue weighted by Gasteiger charge is -2.33. The standard InChI is InChI=1S/C29H38N4O6/c1-6-8-19(2)31-26(36)25(21-9-7-10-23(35)18-21)33(16-15-30)27(37)24(32-28(38)39-29(3,4)5)17-20-11-13-22(34)14-12-20/h7,9-14,18-19,24-25,34-35H,6,8,16-17H2,1-5H3,(H,31,36)(H,32,38). The molecule has 0 saturated heterocycles. The fourth-order valence-corrected chi connectivity index (χ4v) is 4.09. The van der Waals surface area contributed by atoms with Crippen LogP contribution < -0.4 is 10.6 Å². The predicted octanol–water partition coefficient (Wildman–Crippen LogP) is 3.93. The molecule has 0 saturated carbocycles. The van der Waals surface area contributed by atoms with Gasteiger partial charge in [-0.05, 0) is 69.5 Å². The predicted molar refractivity (Wildman–Crippen MR) is 146 cm³/mol. The lowest BCUT2D eigenvalue weighted by molar-refractivity contribution is -0.142. The normalized spacial score (nSPS) is 13.3. The van der Waals surface area contributed by atoms with Crippen molar-refractivity contribution < 1.29 is 29.3 Å². The monoisotopic (exact) mass is 538 g/mol. The Kier molecular flexibility index (Phi) is 11.2. The average molecular weight is 539 g/mol. The summed E-state index contributed by atoms with van der Waals surface area (Å²) in [4.78, 5) is 41.4. The molecule has 3 unspecified atom stereocenters. The van der Waals surface area contributed by atoms with Crippen LogP contribution in [0.2, 0.25) is 0 Å². The van der Waals surface area contributed by atoms with Crippen molar-refractivity contribution in [1.29, 1.82) is 5.26 Å². The van der Waals surface area contributed by atoms with Gasteiger partial charge in [0.15, 0.2) is 0 Å². The molecule has 210 valence electrons. The highest BCUT2D eigenvalue weighted by Gasteiger charge is 2.37. The van der Waals surface area contributed by atoms with Crippen LogP contribution in [0.4, 0.5) is 4.79 Å². The Bertz CT molecular complexity index is 1170. The second kappa shape index (κ2) is 14.0. The van der Waals surface area contributed by atoms with Crippen LogP contribution in [0, 0.1) is 11.3 Å². The second-order valence-electron chi connectivity index (χ2n) is 10.4. The zero-order valence-electron chi connectivity index (χ0n) is 23.1. The van der Waals surface area contributed by atoms with E-state index in [2.05, 4.69) is 10.6 Å². The third-order valence-electron chi connectivity index (χ3n) is 5.75. The SMILES string of the molecule is CCCC(C)NC(=O)C(c1cccc(O)c1)N(CC#N)C(=O)C(Cc1ccc(O)cc1)NC(=O)OC(C)(C)C. The van der Waals surface area contributed by atoms with E-state index in [-0.39, 0.29) is 24.0 Å². The van der Waals surface area contributed by atoms with Crippen molar-refractivity contribution in [3.63, 3.8) is 0 Å². The molecule has 0 heterocycles. The topological polar surface area (TPSA) is 152 Å². The first-order valence-electron chi connectivity index (χ1n) is 12.9. The van der Waals surface area contributed by atoms with Crippen molar-refractivity contribution in [1.82, 2.24) is 15.5 Å². The summed E-state index contributed by atoms with van der Waals surface area (Å²) >= 11 is 0. The minimum Gasteiger partial charge on any atom is -0.508 e. The van der Waals surface area contributed by atoms with Crippen molar-refractivity contribution in [2.45, 2.75) is 77.6 Å². The molecule has 2 aromatic rings. The molecule has 3 amide bonds. The molecule has 4 N–H and O–H groups in total. The van der Waals surface area contributed by atoms with Crippen LogP contribution >= 0.6 is 0 Å². The lowest BCUT2D eigenvalue weighted by Crippen LogP contribution is -2.54. The number of nitrogens with one attached hydrogen (secondary N) is 2. The Labute approximate surface area is 229 Å². The van der Waals surface area contributed by atoms with E-state index in [0.29, 0.717) is 17.5 Å². The van der Waals surface area contributed by atoms with E-state index in [0.717, 1.165) is 11.3 Å². The van der Waals surface area contributed by atoms with Gasteiger partial charge in [0, 0.05) is 12.5 Å². The number of nitrogens with zero attached hydrogens (tertiary/aromatic N) is 2. The number of amides is 3. The first kappa shape index (κ1) is 31.0. The van der Waals surface area contributed by atoms with Crippen LogP contribution in [0.5, 0.6) is 11.5 Å². The molecule has 0 aliphatic heterocycles. The molecule has 0 radical (unpaired) electrons. The van der Waals surface area contributed by atoms with Gasteiger partial charge in [0.2, 0.25) is 11.8 Å². The summed E-state index contributed by atoms with van der Waals surface area (Å²) in [6.45, 7) is 8.42. The third-order valence-corrected chi connectivity index (χ3v) is 5.75. The van der Waals surface area contributed by atoms with Gasteiger partial charge in [0.1, 0.15) is 35.7 Å². The molecule has 0 fully saturated rings. The largest absolute Gasteiger partial charge is 0.508 e. The van der Waals surface area contributed by atoms with Crippen LogP contribution in [-0.4, -0.2) is 57.3 Å². The van der Waals surface area contributed by atoms with Gasteiger partial charge in [0.05, 0.1) is 6.07 Å². The molecular formula is C29H38N4O6. The van der Waals surface area contributed by atoms with Crippen molar-refractivity contribution in [3.05, 3.63) is 59.7 Å². The molecular weight excluding hydrogens is 500 g/mol. The number of carbonyl (C=O) groups excluding carboxylic acids is 3. The fourth-order valence-electron chi connectivity index (χ4n) is 4.09. The van der Waals surface area contributed by atoms with Crippen molar-refractivity contribution in [2.24, 2.45) is 0 Å². The van der Waals surface area contributed by atoms with E-state index in [1.807, 2.05) is 19.9 Å². The highest BCUT2D eigenvalue weighted by molar-refractivity contribution is 5.92. The van der Waals surface area contributed by atoms with Crippen LogP contribution in [-0.2, 0) is 20.7 Å². The molecule has 0 aliphatic carbocycles. The van der Waals surface area contributed by atoms with Crippen molar-refractivity contribution in [2.75, 3.05) is 6.54 Å². The summed E-state index contributed by atoms with van der Waals surface area (Å²) in [6.07, 6.45) is 0.689. The maximum absolute atomic E-state index is 14.0. The Hall–Kier alpha value is -4.26. The van der Waals surface area contributed by atoms with Crippen LogP contribution in [0.1, 0.15) is 64.6 Å². The average Bonchev–Trinajstić information content (AvgIpc) is 2.83. The smallest absolute Gasteiger partial charge is 0.408 e. The highest BCUT2D eigenvalue weighted by Crippen LogP contribution is 2.26. The molecule has 0 aliphatic rings. The third kappa shape index (κ3) is 9.85. The second-order valence-corrected chi connectivity index (χ2v) is 10.4. The zero-order valence-corrected chi connectivity index (χ0v) is 23.1. The van der Waals surface area contributed by atoms with Crippen LogP contribution in [0.3, 0.4) is 0 Å². The Balaban J connectivity index is 2.53. The van der Waals surface area contributed by atoms with Gasteiger partial charge in [-0.25, -0.2) is 4.79 Å². The number of carbonyl (C=O) groups is 3. The van der Waals surface area contributed by atoms with E-state index in [4.69, 9.17) is 4.74 Å². The molecule has 10 nitrogen and oxygen atoms in total. The molecule has 0 spiro atoms. The molecule has 10 heteroatoms. The lowest BCUT2D eigenvalue weighted by atomic mass is 9.99. The van der Waals surface area contributed by atoms with Gasteiger partial charge in [-0.1, -0.05) is 37.6 Å². The summed E-state index contributed by atoms with van der Waals surface area (Å²) in [7, 11) is 0. The van der Waals surface area contributed by atoms with E-state index in [1.165, 1.54) is 24.3 Å². The number of nitriles is 1. The molecule has 2 aromatic carbocycles. The maximum atomic E-state index is 14.0. The van der Waals surface area contributed by atoms with Gasteiger partial charge in [-0.3, -0.25) is 9.59 Å². The van der Waals surface area contributed by atoms with E-state index in [1.54, 1.807) is 45.0 Å². The number of aromatic hydroxyl groups is 2. The maximum Gasteiger partial charge on any atom is 0.408 e. The Morgan fingerprint density at radius 1 is 1.05 bits per heavy atom. The first-order chi connectivity index (χ1) is 18.3. The van der Waals surface area contributed by atoms with Gasteiger partial charge in [0.25, 0.3) is 0 Å². The van der Waals surface area contributed by atoms with Crippen molar-refractivity contribution >= 4 is 17.9 Å². The number of phenols is 2. The molecule has 0 aromatic heterocycles. The number of hydrogen-bond acceptors (Lipinski definition) is 7. The number of hydrogen-bond donors (Lipinski definition) is 4. The summed E-state index contributed by atoms with van der Waals surface area (Å²) in [5.41, 5.74) is 0.0941. The molecule has 0 bridgehead atoms. The summed E-state index contributed by atoms with van der Waals surface area (Å²) in [5.74, 6) is -1.29. The van der Waals surface area contributed by atoms with E-state index >= 15 is 0 Å². The fraction of sp³-hybridized carbons (Fsp3) is 0.448. The Morgan fingerprint density at radius 3 is 2.28 bits per heavy atom. The molecule has 39 heavy (non-hydrogen) atoms. The Morgan fingerprint density at radius 2 is 1.72 bits per heavy atom. The minimum atomic E-state index is -1.26. The number of ether oxygens (including phenoxy) is 1. The van der Waals surface area contributed by atoms with Crippen molar-refractivity contribution in [3.8, 4) is 17.6 Å².